The number of rotatable bonds is 2. The summed E-state index contributed by atoms with van der Waals surface area (Å²) in [5.41, 5.74) is 0. The molecule has 1 aliphatic carbocycles. The average molecular weight is 265 g/mol. The van der Waals surface area contributed by atoms with Gasteiger partial charge < -0.3 is 0 Å². The first-order chi connectivity index (χ1) is 7.43. The Kier molecular flexibility index (Phi) is 9.61. The molecule has 0 amide bonds. The van der Waals surface area contributed by atoms with Crippen LogP contribution in [-0.2, 0) is 0 Å². The second-order valence-corrected chi connectivity index (χ2v) is 7.93. The van der Waals surface area contributed by atoms with Crippen molar-refractivity contribution in [2.45, 2.75) is 75.9 Å². The van der Waals surface area contributed by atoms with E-state index in [1.807, 2.05) is 10.8 Å². The van der Waals surface area contributed by atoms with Crippen LogP contribution >= 0.6 is 32.3 Å². The predicted molar refractivity (Wildman–Crippen MR) is 78.7 cm³/mol. The third kappa shape index (κ3) is 7.87. The van der Waals surface area contributed by atoms with E-state index in [-0.39, 0.29) is 0 Å². The molecule has 0 heterocycles. The van der Waals surface area contributed by atoms with E-state index in [1.165, 1.54) is 70.6 Å². The van der Waals surface area contributed by atoms with E-state index in [2.05, 4.69) is 11.7 Å². The van der Waals surface area contributed by atoms with Gasteiger partial charge in [-0.3, -0.25) is 0 Å². The molecule has 0 nitrogen and oxygen atoms in total. The SMILES string of the molecule is SSSC1CCCCCCCCCCC1. The Morgan fingerprint density at radius 2 is 1.07 bits per heavy atom. The summed E-state index contributed by atoms with van der Waals surface area (Å²) < 4.78 is 0. The van der Waals surface area contributed by atoms with Crippen molar-refractivity contribution in [2.24, 2.45) is 0 Å². The highest BCUT2D eigenvalue weighted by Crippen LogP contribution is 2.35. The number of thiol groups is 1. The van der Waals surface area contributed by atoms with Gasteiger partial charge in [0.25, 0.3) is 0 Å². The fourth-order valence-electron chi connectivity index (χ4n) is 2.28. The Labute approximate surface area is 108 Å². The van der Waals surface area contributed by atoms with Gasteiger partial charge in [0.1, 0.15) is 0 Å². The van der Waals surface area contributed by atoms with Gasteiger partial charge in [0.15, 0.2) is 0 Å². The molecule has 90 valence electrons. The van der Waals surface area contributed by atoms with Crippen LogP contribution in [0.5, 0.6) is 0 Å². The van der Waals surface area contributed by atoms with E-state index in [1.54, 1.807) is 9.83 Å². The van der Waals surface area contributed by atoms with Crippen molar-refractivity contribution in [3.8, 4) is 0 Å². The zero-order valence-electron chi connectivity index (χ0n) is 9.62. The largest absolute Gasteiger partial charge is 0.0997 e. The molecule has 0 aromatic heterocycles. The second-order valence-electron chi connectivity index (χ2n) is 4.55. The van der Waals surface area contributed by atoms with Crippen molar-refractivity contribution >= 4 is 32.3 Å². The second kappa shape index (κ2) is 10.2. The molecule has 0 atom stereocenters. The van der Waals surface area contributed by atoms with Gasteiger partial charge in [-0.05, 0) is 22.7 Å². The monoisotopic (exact) mass is 264 g/mol. The van der Waals surface area contributed by atoms with Gasteiger partial charge in [0, 0.05) is 5.25 Å². The van der Waals surface area contributed by atoms with E-state index >= 15 is 0 Å². The van der Waals surface area contributed by atoms with E-state index < -0.39 is 0 Å². The minimum atomic E-state index is 0.868. The van der Waals surface area contributed by atoms with Gasteiger partial charge in [-0.15, -0.1) is 0 Å². The Morgan fingerprint density at radius 3 is 1.47 bits per heavy atom. The summed E-state index contributed by atoms with van der Waals surface area (Å²) >= 11 is 4.26. The molecular formula is C12H24S3. The summed E-state index contributed by atoms with van der Waals surface area (Å²) in [4.78, 5) is 0. The van der Waals surface area contributed by atoms with Crippen molar-refractivity contribution < 1.29 is 0 Å². The molecule has 0 bridgehead atoms. The third-order valence-corrected chi connectivity index (χ3v) is 5.91. The average Bonchev–Trinajstić information content (AvgIpc) is 2.22. The molecule has 0 aromatic carbocycles. The van der Waals surface area contributed by atoms with Gasteiger partial charge in [0.05, 0.1) is 0 Å². The van der Waals surface area contributed by atoms with Crippen molar-refractivity contribution in [1.29, 1.82) is 0 Å². The molecule has 0 aromatic rings. The highest BCUT2D eigenvalue weighted by atomic mass is 33.5. The fraction of sp³-hybridized carbons (Fsp3) is 1.00. The van der Waals surface area contributed by atoms with E-state index in [4.69, 9.17) is 0 Å². The van der Waals surface area contributed by atoms with Crippen LogP contribution in [0.2, 0.25) is 0 Å². The lowest BCUT2D eigenvalue weighted by atomic mass is 10.0. The van der Waals surface area contributed by atoms with Gasteiger partial charge in [0.2, 0.25) is 0 Å². The molecule has 0 N–H and O–H groups in total. The molecule has 1 aliphatic rings. The summed E-state index contributed by atoms with van der Waals surface area (Å²) in [7, 11) is 3.64. The maximum atomic E-state index is 4.26. The molecule has 15 heavy (non-hydrogen) atoms. The summed E-state index contributed by atoms with van der Waals surface area (Å²) in [6, 6.07) is 0. The molecule has 0 spiro atoms. The molecule has 1 saturated carbocycles. The van der Waals surface area contributed by atoms with Crippen LogP contribution in [0.15, 0.2) is 0 Å². The Morgan fingerprint density at radius 1 is 0.667 bits per heavy atom. The van der Waals surface area contributed by atoms with Gasteiger partial charge in [-0.1, -0.05) is 80.2 Å². The molecular weight excluding hydrogens is 240 g/mol. The van der Waals surface area contributed by atoms with Crippen LogP contribution in [-0.4, -0.2) is 5.25 Å². The molecule has 0 aliphatic heterocycles. The zero-order chi connectivity index (χ0) is 10.8. The lowest BCUT2D eigenvalue weighted by molar-refractivity contribution is 0.510. The molecule has 3 heteroatoms. The number of hydrogen-bond acceptors (Lipinski definition) is 3. The van der Waals surface area contributed by atoms with E-state index in [9.17, 15) is 0 Å². The van der Waals surface area contributed by atoms with Crippen molar-refractivity contribution in [1.82, 2.24) is 0 Å². The summed E-state index contributed by atoms with van der Waals surface area (Å²) in [6.07, 6.45) is 16.0. The van der Waals surface area contributed by atoms with Gasteiger partial charge in [-0.2, -0.15) is 0 Å². The topological polar surface area (TPSA) is 0 Å². The highest BCUT2D eigenvalue weighted by Gasteiger charge is 2.09. The van der Waals surface area contributed by atoms with Crippen LogP contribution in [0.25, 0.3) is 0 Å². The first kappa shape index (κ1) is 14.1. The van der Waals surface area contributed by atoms with Crippen molar-refractivity contribution in [2.75, 3.05) is 0 Å². The lowest BCUT2D eigenvalue weighted by Crippen LogP contribution is -2.01. The Bertz CT molecular complexity index is 127. The molecule has 1 fully saturated rings. The van der Waals surface area contributed by atoms with Crippen LogP contribution < -0.4 is 0 Å². The normalized spacial score (nSPS) is 23.0. The quantitative estimate of drug-likeness (QED) is 0.488. The summed E-state index contributed by atoms with van der Waals surface area (Å²) in [5, 5.41) is 0.868. The Balaban J connectivity index is 2.19. The van der Waals surface area contributed by atoms with Gasteiger partial charge >= 0.3 is 0 Å². The van der Waals surface area contributed by atoms with Gasteiger partial charge in [-0.25, -0.2) is 0 Å². The minimum Gasteiger partial charge on any atom is -0.0997 e. The molecule has 1 rings (SSSR count). The van der Waals surface area contributed by atoms with Crippen molar-refractivity contribution in [3.05, 3.63) is 0 Å². The maximum absolute atomic E-state index is 4.26. The lowest BCUT2D eigenvalue weighted by Gasteiger charge is -2.15. The highest BCUT2D eigenvalue weighted by molar-refractivity contribution is 9.05. The number of hydrogen-bond donors (Lipinski definition) is 1. The summed E-state index contributed by atoms with van der Waals surface area (Å²) in [5.74, 6) is 0. The van der Waals surface area contributed by atoms with E-state index in [0.717, 1.165) is 5.25 Å². The van der Waals surface area contributed by atoms with Crippen LogP contribution in [0.3, 0.4) is 0 Å². The van der Waals surface area contributed by atoms with Crippen LogP contribution in [0, 0.1) is 0 Å². The fourth-order valence-corrected chi connectivity index (χ4v) is 4.97. The van der Waals surface area contributed by atoms with Crippen LogP contribution in [0.1, 0.15) is 70.6 Å². The molecule has 0 radical (unpaired) electrons. The first-order valence-corrected chi connectivity index (χ1v) is 9.67. The first-order valence-electron chi connectivity index (χ1n) is 6.40. The van der Waals surface area contributed by atoms with E-state index in [0.29, 0.717) is 0 Å². The zero-order valence-corrected chi connectivity index (χ0v) is 12.1. The standard InChI is InChI=1S/C12H24S3/c13-15-14-12-10-8-6-4-2-1-3-5-7-9-11-12/h12-13H,1-11H2. The Hall–Kier alpha value is 1.05. The molecule has 0 unspecified atom stereocenters. The minimum absolute atomic E-state index is 0.868. The smallest absolute Gasteiger partial charge is 0.0159 e. The maximum Gasteiger partial charge on any atom is 0.0159 e. The van der Waals surface area contributed by atoms with Crippen molar-refractivity contribution in [3.63, 3.8) is 0 Å². The van der Waals surface area contributed by atoms with Crippen LogP contribution in [0.4, 0.5) is 0 Å². The predicted octanol–water partition coefficient (Wildman–Crippen LogP) is 5.89. The summed E-state index contributed by atoms with van der Waals surface area (Å²) in [6.45, 7) is 0. The molecule has 0 saturated heterocycles. The third-order valence-electron chi connectivity index (χ3n) is 3.23.